The maximum Gasteiger partial charge on any atom is 0.0707 e. The van der Waals surface area contributed by atoms with Crippen molar-refractivity contribution in [3.63, 3.8) is 0 Å². The lowest BCUT2D eigenvalue weighted by Crippen LogP contribution is -2.36. The van der Waals surface area contributed by atoms with Crippen LogP contribution >= 0.6 is 0 Å². The van der Waals surface area contributed by atoms with Gasteiger partial charge in [0.25, 0.3) is 0 Å². The van der Waals surface area contributed by atoms with Gasteiger partial charge in [-0.2, -0.15) is 0 Å². The molecule has 0 aromatic carbocycles. The molecule has 0 spiro atoms. The number of ether oxygens (including phenoxy) is 1. The Labute approximate surface area is 107 Å². The van der Waals surface area contributed by atoms with Crippen LogP contribution in [0.15, 0.2) is 0 Å². The Hall–Kier alpha value is -0.0800. The Balaban J connectivity index is 1.66. The molecule has 17 heavy (non-hydrogen) atoms. The van der Waals surface area contributed by atoms with Gasteiger partial charge in [-0.05, 0) is 39.5 Å². The molecule has 0 aromatic heterocycles. The van der Waals surface area contributed by atoms with Crippen LogP contribution in [0.25, 0.3) is 0 Å². The number of hydrogen-bond acceptors (Lipinski definition) is 2. The lowest BCUT2D eigenvalue weighted by Gasteiger charge is -2.24. The Morgan fingerprint density at radius 1 is 1.00 bits per heavy atom. The van der Waals surface area contributed by atoms with E-state index in [2.05, 4.69) is 19.2 Å². The smallest absolute Gasteiger partial charge is 0.0707 e. The molecule has 1 aliphatic carbocycles. The van der Waals surface area contributed by atoms with Crippen molar-refractivity contribution >= 4 is 0 Å². The van der Waals surface area contributed by atoms with Crippen LogP contribution in [0, 0.1) is 0 Å². The highest BCUT2D eigenvalue weighted by atomic mass is 16.5. The maximum atomic E-state index is 6.03. The molecule has 1 unspecified atom stereocenters. The van der Waals surface area contributed by atoms with Gasteiger partial charge in [-0.25, -0.2) is 0 Å². The molecule has 2 nitrogen and oxygen atoms in total. The summed E-state index contributed by atoms with van der Waals surface area (Å²) in [6, 6.07) is 0.752. The Morgan fingerprint density at radius 2 is 1.65 bits per heavy atom. The van der Waals surface area contributed by atoms with Crippen molar-refractivity contribution in [2.45, 2.75) is 89.4 Å². The minimum absolute atomic E-state index is 0.118. The van der Waals surface area contributed by atoms with Crippen LogP contribution in [0.1, 0.15) is 71.6 Å². The summed E-state index contributed by atoms with van der Waals surface area (Å²) in [5.74, 6) is 0. The van der Waals surface area contributed by atoms with Gasteiger partial charge in [-0.3, -0.25) is 0 Å². The third-order valence-electron chi connectivity index (χ3n) is 4.29. The maximum absolute atomic E-state index is 6.03. The minimum atomic E-state index is 0.118. The van der Waals surface area contributed by atoms with Crippen molar-refractivity contribution in [3.8, 4) is 0 Å². The van der Waals surface area contributed by atoms with E-state index in [1.54, 1.807) is 0 Å². The van der Waals surface area contributed by atoms with E-state index >= 15 is 0 Å². The first kappa shape index (κ1) is 13.4. The quantitative estimate of drug-likeness (QED) is 0.811. The number of hydrogen-bond donors (Lipinski definition) is 1. The van der Waals surface area contributed by atoms with Crippen LogP contribution in [-0.2, 0) is 4.74 Å². The Morgan fingerprint density at radius 3 is 2.24 bits per heavy atom. The SMILES string of the molecule is CC1(C)CCC(CNC2CCCCCCC2)O1. The zero-order valence-corrected chi connectivity index (χ0v) is 11.6. The van der Waals surface area contributed by atoms with E-state index in [1.165, 1.54) is 57.8 Å². The lowest BCUT2D eigenvalue weighted by molar-refractivity contribution is -0.0154. The normalized spacial score (nSPS) is 31.1. The standard InChI is InChI=1S/C15H29NO/c1-15(2)11-10-14(17-15)12-16-13-8-6-4-3-5-7-9-13/h13-14,16H,3-12H2,1-2H3. The molecule has 0 aromatic rings. The molecule has 1 N–H and O–H groups in total. The summed E-state index contributed by atoms with van der Waals surface area (Å²) < 4.78 is 6.03. The van der Waals surface area contributed by atoms with Gasteiger partial charge in [-0.15, -0.1) is 0 Å². The van der Waals surface area contributed by atoms with Gasteiger partial charge in [0, 0.05) is 12.6 Å². The van der Waals surface area contributed by atoms with Gasteiger partial charge >= 0.3 is 0 Å². The fourth-order valence-electron chi connectivity index (χ4n) is 3.18. The van der Waals surface area contributed by atoms with Crippen molar-refractivity contribution in [2.24, 2.45) is 0 Å². The largest absolute Gasteiger partial charge is 0.371 e. The van der Waals surface area contributed by atoms with E-state index in [0.717, 1.165) is 12.6 Å². The van der Waals surface area contributed by atoms with Crippen molar-refractivity contribution in [2.75, 3.05) is 6.54 Å². The highest BCUT2D eigenvalue weighted by molar-refractivity contribution is 4.83. The van der Waals surface area contributed by atoms with E-state index in [0.29, 0.717) is 6.10 Å². The molecule has 0 radical (unpaired) electrons. The fraction of sp³-hybridized carbons (Fsp3) is 1.00. The lowest BCUT2D eigenvalue weighted by atomic mass is 9.96. The van der Waals surface area contributed by atoms with Gasteiger partial charge in [0.2, 0.25) is 0 Å². The van der Waals surface area contributed by atoms with Crippen LogP contribution in [0.2, 0.25) is 0 Å². The molecule has 100 valence electrons. The van der Waals surface area contributed by atoms with Gasteiger partial charge in [0.05, 0.1) is 11.7 Å². The van der Waals surface area contributed by atoms with Crippen molar-refractivity contribution < 1.29 is 4.74 Å². The predicted octanol–water partition coefficient (Wildman–Crippen LogP) is 3.65. The zero-order valence-electron chi connectivity index (χ0n) is 11.6. The second-order valence-electron chi connectivity index (χ2n) is 6.49. The van der Waals surface area contributed by atoms with Crippen molar-refractivity contribution in [3.05, 3.63) is 0 Å². The zero-order chi connectivity index (χ0) is 12.1. The van der Waals surface area contributed by atoms with Gasteiger partial charge in [-0.1, -0.05) is 32.1 Å². The predicted molar refractivity (Wildman–Crippen MR) is 72.3 cm³/mol. The summed E-state index contributed by atoms with van der Waals surface area (Å²) in [6.45, 7) is 5.49. The third-order valence-corrected chi connectivity index (χ3v) is 4.29. The van der Waals surface area contributed by atoms with Crippen LogP contribution in [0.5, 0.6) is 0 Å². The molecule has 2 aliphatic rings. The molecule has 0 bridgehead atoms. The fourth-order valence-corrected chi connectivity index (χ4v) is 3.18. The number of nitrogens with one attached hydrogen (secondary N) is 1. The molecule has 0 amide bonds. The summed E-state index contributed by atoms with van der Waals surface area (Å²) in [7, 11) is 0. The van der Waals surface area contributed by atoms with Crippen LogP contribution < -0.4 is 5.32 Å². The molecular weight excluding hydrogens is 210 g/mol. The highest BCUT2D eigenvalue weighted by Gasteiger charge is 2.31. The molecule has 1 heterocycles. The van der Waals surface area contributed by atoms with Crippen molar-refractivity contribution in [1.29, 1.82) is 0 Å². The van der Waals surface area contributed by atoms with Crippen LogP contribution in [0.4, 0.5) is 0 Å². The second kappa shape index (κ2) is 6.19. The molecule has 2 fully saturated rings. The van der Waals surface area contributed by atoms with Gasteiger partial charge in [0.1, 0.15) is 0 Å². The molecule has 1 saturated heterocycles. The summed E-state index contributed by atoms with van der Waals surface area (Å²) in [5.41, 5.74) is 0.118. The monoisotopic (exact) mass is 239 g/mol. The first-order valence-corrected chi connectivity index (χ1v) is 7.57. The van der Waals surface area contributed by atoms with E-state index in [-0.39, 0.29) is 5.60 Å². The van der Waals surface area contributed by atoms with E-state index < -0.39 is 0 Å². The topological polar surface area (TPSA) is 21.3 Å². The van der Waals surface area contributed by atoms with Gasteiger partial charge < -0.3 is 10.1 Å². The van der Waals surface area contributed by atoms with E-state index in [4.69, 9.17) is 4.74 Å². The molecule has 2 heteroatoms. The summed E-state index contributed by atoms with van der Waals surface area (Å²) >= 11 is 0. The van der Waals surface area contributed by atoms with Crippen LogP contribution in [-0.4, -0.2) is 24.3 Å². The Bertz CT molecular complexity index is 219. The molecule has 1 aliphatic heterocycles. The summed E-state index contributed by atoms with van der Waals surface area (Å²) in [6.07, 6.45) is 12.8. The third kappa shape index (κ3) is 4.59. The molecule has 1 saturated carbocycles. The van der Waals surface area contributed by atoms with Crippen LogP contribution in [0.3, 0.4) is 0 Å². The average Bonchev–Trinajstić information content (AvgIpc) is 2.57. The molecule has 1 atom stereocenters. The van der Waals surface area contributed by atoms with E-state index in [1.807, 2.05) is 0 Å². The van der Waals surface area contributed by atoms with E-state index in [9.17, 15) is 0 Å². The van der Waals surface area contributed by atoms with Crippen molar-refractivity contribution in [1.82, 2.24) is 5.32 Å². The van der Waals surface area contributed by atoms with Gasteiger partial charge in [0.15, 0.2) is 0 Å². The average molecular weight is 239 g/mol. The highest BCUT2D eigenvalue weighted by Crippen LogP contribution is 2.29. The number of rotatable bonds is 3. The second-order valence-corrected chi connectivity index (χ2v) is 6.49. The summed E-state index contributed by atoms with van der Waals surface area (Å²) in [4.78, 5) is 0. The summed E-state index contributed by atoms with van der Waals surface area (Å²) in [5, 5.41) is 3.74. The first-order valence-electron chi connectivity index (χ1n) is 7.57. The molecule has 2 rings (SSSR count). The first-order chi connectivity index (χ1) is 8.16. The minimum Gasteiger partial charge on any atom is -0.371 e. The molecular formula is C15H29NO. The Kier molecular flexibility index (Phi) is 4.87.